The van der Waals surface area contributed by atoms with Gasteiger partial charge in [-0.1, -0.05) is 19.9 Å². The van der Waals surface area contributed by atoms with E-state index in [9.17, 15) is 0 Å². The molecule has 0 aromatic carbocycles. The zero-order valence-electron chi connectivity index (χ0n) is 12.4. The highest BCUT2D eigenvalue weighted by Gasteiger charge is 2.32. The Balaban J connectivity index is 1.89. The average molecular weight is 261 g/mol. The molecule has 1 heterocycles. The normalized spacial score (nSPS) is 31.6. The Morgan fingerprint density at radius 1 is 1.32 bits per heavy atom. The average Bonchev–Trinajstić information content (AvgIpc) is 2.35. The Labute approximate surface area is 117 Å². The van der Waals surface area contributed by atoms with Gasteiger partial charge in [0, 0.05) is 25.3 Å². The first kappa shape index (κ1) is 14.5. The Morgan fingerprint density at radius 3 is 2.74 bits per heavy atom. The van der Waals surface area contributed by atoms with Gasteiger partial charge in [-0.25, -0.2) is 0 Å². The highest BCUT2D eigenvalue weighted by atomic mass is 15.1. The Bertz CT molecular complexity index is 367. The molecule has 0 amide bonds. The minimum absolute atomic E-state index is 0.352. The molecule has 2 N–H and O–H groups in total. The standard InChI is InChI=1S/C16H27N3/c1-12-8-13(2)15(16(17)9-12)11-19(3)10-14-6-4-5-7-18-14/h4-7,12-13,15-16H,8-11,17H2,1-3H3. The van der Waals surface area contributed by atoms with Crippen LogP contribution in [0.2, 0.25) is 0 Å². The third-order valence-electron chi connectivity index (χ3n) is 4.41. The quantitative estimate of drug-likeness (QED) is 0.905. The van der Waals surface area contributed by atoms with Crippen molar-refractivity contribution in [3.63, 3.8) is 0 Å². The maximum Gasteiger partial charge on any atom is 0.0543 e. The van der Waals surface area contributed by atoms with Gasteiger partial charge in [0.15, 0.2) is 0 Å². The third kappa shape index (κ3) is 4.02. The number of aromatic nitrogens is 1. The smallest absolute Gasteiger partial charge is 0.0543 e. The summed E-state index contributed by atoms with van der Waals surface area (Å²) in [5.74, 6) is 2.12. The number of rotatable bonds is 4. The summed E-state index contributed by atoms with van der Waals surface area (Å²) in [5, 5.41) is 0. The van der Waals surface area contributed by atoms with Crippen LogP contribution in [0.4, 0.5) is 0 Å². The zero-order chi connectivity index (χ0) is 13.8. The van der Waals surface area contributed by atoms with Crippen LogP contribution in [0.3, 0.4) is 0 Å². The van der Waals surface area contributed by atoms with Gasteiger partial charge in [0.05, 0.1) is 5.69 Å². The molecule has 0 bridgehead atoms. The summed E-state index contributed by atoms with van der Waals surface area (Å²) < 4.78 is 0. The first-order chi connectivity index (χ1) is 9.06. The van der Waals surface area contributed by atoms with Crippen LogP contribution in [0, 0.1) is 17.8 Å². The van der Waals surface area contributed by atoms with E-state index in [0.29, 0.717) is 12.0 Å². The third-order valence-corrected chi connectivity index (χ3v) is 4.41. The fraction of sp³-hybridized carbons (Fsp3) is 0.688. The summed E-state index contributed by atoms with van der Waals surface area (Å²) >= 11 is 0. The fourth-order valence-electron chi connectivity index (χ4n) is 3.48. The van der Waals surface area contributed by atoms with Crippen LogP contribution in [0.25, 0.3) is 0 Å². The van der Waals surface area contributed by atoms with Crippen molar-refractivity contribution >= 4 is 0 Å². The molecule has 2 rings (SSSR count). The van der Waals surface area contributed by atoms with E-state index in [2.05, 4.69) is 36.8 Å². The minimum atomic E-state index is 0.352. The van der Waals surface area contributed by atoms with Crippen molar-refractivity contribution < 1.29 is 0 Å². The molecule has 1 fully saturated rings. The van der Waals surface area contributed by atoms with Crippen LogP contribution < -0.4 is 5.73 Å². The van der Waals surface area contributed by atoms with Gasteiger partial charge in [-0.2, -0.15) is 0 Å². The molecular weight excluding hydrogens is 234 g/mol. The molecule has 1 aliphatic carbocycles. The van der Waals surface area contributed by atoms with E-state index in [-0.39, 0.29) is 0 Å². The molecule has 1 aromatic heterocycles. The topological polar surface area (TPSA) is 42.2 Å². The molecule has 0 aliphatic heterocycles. The lowest BCUT2D eigenvalue weighted by Crippen LogP contribution is -2.45. The molecule has 1 aliphatic rings. The van der Waals surface area contributed by atoms with Crippen LogP contribution in [-0.2, 0) is 6.54 Å². The predicted molar refractivity (Wildman–Crippen MR) is 79.6 cm³/mol. The molecule has 0 saturated heterocycles. The first-order valence-electron chi connectivity index (χ1n) is 7.40. The largest absolute Gasteiger partial charge is 0.327 e. The van der Waals surface area contributed by atoms with Crippen molar-refractivity contribution in [3.8, 4) is 0 Å². The van der Waals surface area contributed by atoms with Gasteiger partial charge in [0.2, 0.25) is 0 Å². The van der Waals surface area contributed by atoms with Gasteiger partial charge in [-0.15, -0.1) is 0 Å². The van der Waals surface area contributed by atoms with E-state index in [1.807, 2.05) is 18.3 Å². The highest BCUT2D eigenvalue weighted by molar-refractivity contribution is 5.03. The summed E-state index contributed by atoms with van der Waals surface area (Å²) in [5.41, 5.74) is 7.49. The van der Waals surface area contributed by atoms with Crippen molar-refractivity contribution in [3.05, 3.63) is 30.1 Å². The second-order valence-electron chi connectivity index (χ2n) is 6.40. The molecule has 19 heavy (non-hydrogen) atoms. The molecule has 1 aromatic rings. The van der Waals surface area contributed by atoms with E-state index in [0.717, 1.165) is 30.6 Å². The maximum atomic E-state index is 6.36. The molecular formula is C16H27N3. The zero-order valence-corrected chi connectivity index (χ0v) is 12.4. The van der Waals surface area contributed by atoms with Crippen molar-refractivity contribution in [1.82, 2.24) is 9.88 Å². The summed E-state index contributed by atoms with van der Waals surface area (Å²) in [6.07, 6.45) is 4.35. The van der Waals surface area contributed by atoms with Crippen molar-refractivity contribution in [1.29, 1.82) is 0 Å². The number of pyridine rings is 1. The monoisotopic (exact) mass is 261 g/mol. The molecule has 3 nitrogen and oxygen atoms in total. The van der Waals surface area contributed by atoms with Gasteiger partial charge < -0.3 is 10.6 Å². The van der Waals surface area contributed by atoms with E-state index >= 15 is 0 Å². The summed E-state index contributed by atoms with van der Waals surface area (Å²) in [6.45, 7) is 6.66. The van der Waals surface area contributed by atoms with Gasteiger partial charge in [0.25, 0.3) is 0 Å². The molecule has 0 spiro atoms. The second-order valence-corrected chi connectivity index (χ2v) is 6.40. The lowest BCUT2D eigenvalue weighted by molar-refractivity contribution is 0.127. The van der Waals surface area contributed by atoms with E-state index in [1.54, 1.807) is 0 Å². The van der Waals surface area contributed by atoms with Crippen LogP contribution in [0.15, 0.2) is 24.4 Å². The minimum Gasteiger partial charge on any atom is -0.327 e. The van der Waals surface area contributed by atoms with Crippen LogP contribution in [0.1, 0.15) is 32.4 Å². The fourth-order valence-corrected chi connectivity index (χ4v) is 3.48. The van der Waals surface area contributed by atoms with Crippen molar-refractivity contribution in [2.45, 2.75) is 39.3 Å². The van der Waals surface area contributed by atoms with E-state index in [4.69, 9.17) is 5.73 Å². The lowest BCUT2D eigenvalue weighted by atomic mass is 9.72. The predicted octanol–water partition coefficient (Wildman–Crippen LogP) is 2.52. The van der Waals surface area contributed by atoms with Gasteiger partial charge >= 0.3 is 0 Å². The Kier molecular flexibility index (Phi) is 4.94. The number of nitrogens with two attached hydrogens (primary N) is 1. The second kappa shape index (κ2) is 6.49. The number of hydrogen-bond donors (Lipinski definition) is 1. The molecule has 4 atom stereocenters. The molecule has 4 unspecified atom stereocenters. The van der Waals surface area contributed by atoms with Crippen LogP contribution in [0.5, 0.6) is 0 Å². The first-order valence-corrected chi connectivity index (χ1v) is 7.40. The lowest BCUT2D eigenvalue weighted by Gasteiger charge is -2.39. The number of hydrogen-bond acceptors (Lipinski definition) is 3. The molecule has 3 heteroatoms. The van der Waals surface area contributed by atoms with E-state index < -0.39 is 0 Å². The molecule has 0 radical (unpaired) electrons. The molecule has 106 valence electrons. The van der Waals surface area contributed by atoms with Crippen molar-refractivity contribution in [2.24, 2.45) is 23.5 Å². The van der Waals surface area contributed by atoms with E-state index in [1.165, 1.54) is 12.8 Å². The maximum absolute atomic E-state index is 6.36. The SMILES string of the molecule is CC1CC(C)C(CN(C)Cc2ccccn2)C(N)C1. The Hall–Kier alpha value is -0.930. The summed E-state index contributed by atoms with van der Waals surface area (Å²) in [7, 11) is 2.17. The molecule has 1 saturated carbocycles. The van der Waals surface area contributed by atoms with Crippen LogP contribution in [-0.4, -0.2) is 29.5 Å². The summed E-state index contributed by atoms with van der Waals surface area (Å²) in [4.78, 5) is 6.75. The van der Waals surface area contributed by atoms with Crippen molar-refractivity contribution in [2.75, 3.05) is 13.6 Å². The van der Waals surface area contributed by atoms with Gasteiger partial charge in [-0.3, -0.25) is 4.98 Å². The van der Waals surface area contributed by atoms with Gasteiger partial charge in [-0.05, 0) is 49.8 Å². The number of nitrogens with zero attached hydrogens (tertiary/aromatic N) is 2. The highest BCUT2D eigenvalue weighted by Crippen LogP contribution is 2.33. The Morgan fingerprint density at radius 2 is 2.11 bits per heavy atom. The van der Waals surface area contributed by atoms with Crippen LogP contribution >= 0.6 is 0 Å². The van der Waals surface area contributed by atoms with Gasteiger partial charge in [0.1, 0.15) is 0 Å². The summed E-state index contributed by atoms with van der Waals surface area (Å²) in [6, 6.07) is 6.45.